The number of hydrogen-bond donors (Lipinski definition) is 2. The van der Waals surface area contributed by atoms with E-state index in [-0.39, 0.29) is 17.7 Å². The summed E-state index contributed by atoms with van der Waals surface area (Å²) in [5.74, 6) is -0.662. The van der Waals surface area contributed by atoms with Crippen molar-refractivity contribution in [3.05, 3.63) is 29.6 Å². The highest BCUT2D eigenvalue weighted by Crippen LogP contribution is 2.19. The predicted octanol–water partition coefficient (Wildman–Crippen LogP) is 3.19. The van der Waals surface area contributed by atoms with Crippen molar-refractivity contribution >= 4 is 11.6 Å². The number of para-hydroxylation sites is 1. The first-order valence-corrected chi connectivity index (χ1v) is 7.48. The molecular weight excluding hydrogens is 271 g/mol. The first kappa shape index (κ1) is 17.4. The molecule has 0 radical (unpaired) electrons. The average Bonchev–Trinajstić information content (AvgIpc) is 2.44. The molecule has 0 atom stereocenters. The minimum Gasteiger partial charge on any atom is -0.382 e. The van der Waals surface area contributed by atoms with Crippen molar-refractivity contribution in [1.82, 2.24) is 5.32 Å². The topological polar surface area (TPSA) is 50.4 Å². The minimum absolute atomic E-state index is 0.231. The van der Waals surface area contributed by atoms with Crippen LogP contribution in [0.4, 0.5) is 10.1 Å². The van der Waals surface area contributed by atoms with Crippen LogP contribution in [0, 0.1) is 5.82 Å². The molecule has 1 amide bonds. The van der Waals surface area contributed by atoms with Gasteiger partial charge in [0.05, 0.1) is 17.4 Å². The lowest BCUT2D eigenvalue weighted by molar-refractivity contribution is 0.0754. The quantitative estimate of drug-likeness (QED) is 0.688. The van der Waals surface area contributed by atoms with Crippen LogP contribution in [-0.4, -0.2) is 31.7 Å². The largest absolute Gasteiger partial charge is 0.382 e. The fourth-order valence-electron chi connectivity index (χ4n) is 1.91. The third-order valence-electron chi connectivity index (χ3n) is 2.92. The molecule has 1 aromatic carbocycles. The van der Waals surface area contributed by atoms with Crippen LogP contribution >= 0.6 is 0 Å². The van der Waals surface area contributed by atoms with Crippen LogP contribution in [0.3, 0.4) is 0 Å². The molecule has 0 aliphatic rings. The number of rotatable bonds is 9. The maximum Gasteiger partial charge on any atom is 0.253 e. The van der Waals surface area contributed by atoms with Gasteiger partial charge in [-0.3, -0.25) is 4.79 Å². The van der Waals surface area contributed by atoms with Crippen LogP contribution in [0.2, 0.25) is 0 Å². The second-order valence-electron chi connectivity index (χ2n) is 5.08. The van der Waals surface area contributed by atoms with Gasteiger partial charge >= 0.3 is 0 Å². The van der Waals surface area contributed by atoms with E-state index in [0.29, 0.717) is 25.3 Å². The Hall–Kier alpha value is -1.62. The summed E-state index contributed by atoms with van der Waals surface area (Å²) in [4.78, 5) is 12.1. The number of anilines is 1. The van der Waals surface area contributed by atoms with Gasteiger partial charge < -0.3 is 15.4 Å². The van der Waals surface area contributed by atoms with E-state index >= 15 is 0 Å². The lowest BCUT2D eigenvalue weighted by Crippen LogP contribution is -2.26. The van der Waals surface area contributed by atoms with Gasteiger partial charge in [-0.15, -0.1) is 0 Å². The highest BCUT2D eigenvalue weighted by Gasteiger charge is 2.13. The Bertz CT molecular complexity index is 450. The molecule has 0 spiro atoms. The summed E-state index contributed by atoms with van der Waals surface area (Å²) in [6.45, 7) is 7.66. The number of halogens is 1. The molecule has 118 valence electrons. The van der Waals surface area contributed by atoms with E-state index in [9.17, 15) is 9.18 Å². The van der Waals surface area contributed by atoms with Crippen LogP contribution in [0.1, 0.15) is 44.0 Å². The lowest BCUT2D eigenvalue weighted by atomic mass is 10.1. The number of benzene rings is 1. The van der Waals surface area contributed by atoms with Crippen LogP contribution in [0.25, 0.3) is 0 Å². The van der Waals surface area contributed by atoms with E-state index in [0.717, 1.165) is 12.8 Å². The number of carbonyl (C=O) groups excluding carboxylic acids is 1. The maximum atomic E-state index is 13.7. The molecule has 0 saturated carbocycles. The van der Waals surface area contributed by atoms with Crippen molar-refractivity contribution in [2.24, 2.45) is 0 Å². The molecule has 0 aliphatic carbocycles. The number of carbonyl (C=O) groups is 1. The van der Waals surface area contributed by atoms with E-state index in [1.807, 2.05) is 20.8 Å². The molecule has 1 aromatic rings. The third-order valence-corrected chi connectivity index (χ3v) is 2.92. The minimum atomic E-state index is -0.408. The normalized spacial score (nSPS) is 10.7. The summed E-state index contributed by atoms with van der Waals surface area (Å²) in [5, 5.41) is 5.70. The molecule has 2 N–H and O–H groups in total. The Morgan fingerprint density at radius 2 is 2.10 bits per heavy atom. The fraction of sp³-hybridized carbons (Fsp3) is 0.562. The van der Waals surface area contributed by atoms with Gasteiger partial charge in [0.25, 0.3) is 5.91 Å². The Balaban J connectivity index is 2.43. The van der Waals surface area contributed by atoms with Gasteiger partial charge in [-0.2, -0.15) is 0 Å². The summed E-state index contributed by atoms with van der Waals surface area (Å²) in [7, 11) is 0. The monoisotopic (exact) mass is 296 g/mol. The summed E-state index contributed by atoms with van der Waals surface area (Å²) in [6.07, 6.45) is 1.96. The number of ether oxygens (including phenoxy) is 1. The van der Waals surface area contributed by atoms with Crippen LogP contribution in [-0.2, 0) is 4.74 Å². The van der Waals surface area contributed by atoms with Gasteiger partial charge in [0.2, 0.25) is 0 Å². The zero-order valence-corrected chi connectivity index (χ0v) is 13.0. The summed E-state index contributed by atoms with van der Waals surface area (Å²) >= 11 is 0. The Morgan fingerprint density at radius 1 is 1.33 bits per heavy atom. The zero-order chi connectivity index (χ0) is 15.7. The maximum absolute atomic E-state index is 13.7. The molecule has 0 saturated heterocycles. The Kier molecular flexibility index (Phi) is 7.75. The van der Waals surface area contributed by atoms with Crippen molar-refractivity contribution in [3.8, 4) is 0 Å². The van der Waals surface area contributed by atoms with Crippen LogP contribution in [0.5, 0.6) is 0 Å². The van der Waals surface area contributed by atoms with Crippen molar-refractivity contribution in [2.45, 2.75) is 39.7 Å². The van der Waals surface area contributed by atoms with Gasteiger partial charge in [0.15, 0.2) is 0 Å². The average molecular weight is 296 g/mol. The molecule has 0 heterocycles. The first-order valence-electron chi connectivity index (χ1n) is 7.48. The Morgan fingerprint density at radius 3 is 2.76 bits per heavy atom. The predicted molar refractivity (Wildman–Crippen MR) is 83.2 cm³/mol. The van der Waals surface area contributed by atoms with Crippen molar-refractivity contribution in [2.75, 3.05) is 25.0 Å². The van der Waals surface area contributed by atoms with Gasteiger partial charge in [-0.25, -0.2) is 4.39 Å². The van der Waals surface area contributed by atoms with Crippen molar-refractivity contribution in [3.63, 3.8) is 0 Å². The van der Waals surface area contributed by atoms with E-state index in [2.05, 4.69) is 10.6 Å². The first-order chi connectivity index (χ1) is 10.1. The lowest BCUT2D eigenvalue weighted by Gasteiger charge is -2.12. The number of unbranched alkanes of at least 4 members (excludes halogenated alkanes) is 1. The smallest absolute Gasteiger partial charge is 0.253 e. The molecule has 0 bridgehead atoms. The van der Waals surface area contributed by atoms with Crippen LogP contribution < -0.4 is 10.6 Å². The van der Waals surface area contributed by atoms with Gasteiger partial charge in [-0.05, 0) is 45.7 Å². The molecule has 5 heteroatoms. The fourth-order valence-corrected chi connectivity index (χ4v) is 1.91. The summed E-state index contributed by atoms with van der Waals surface area (Å²) in [6, 6.07) is 4.51. The third kappa shape index (κ3) is 6.12. The SMILES string of the molecule is CCNc1c(F)cccc1C(=O)NCCCCOC(C)C. The molecule has 0 fully saturated rings. The van der Waals surface area contributed by atoms with Gasteiger partial charge in [0.1, 0.15) is 5.82 Å². The highest BCUT2D eigenvalue weighted by atomic mass is 19.1. The number of amides is 1. The summed E-state index contributed by atoms with van der Waals surface area (Å²) < 4.78 is 19.1. The van der Waals surface area contributed by atoms with E-state index in [1.165, 1.54) is 6.07 Å². The zero-order valence-electron chi connectivity index (χ0n) is 13.0. The van der Waals surface area contributed by atoms with E-state index in [4.69, 9.17) is 4.74 Å². The van der Waals surface area contributed by atoms with Gasteiger partial charge in [-0.1, -0.05) is 6.07 Å². The molecule has 0 aromatic heterocycles. The number of nitrogens with one attached hydrogen (secondary N) is 2. The standard InChI is InChI=1S/C16H25FN2O2/c1-4-18-15-13(8-7-9-14(15)17)16(20)19-10-5-6-11-21-12(2)3/h7-9,12,18H,4-6,10-11H2,1-3H3,(H,19,20). The second kappa shape index (κ2) is 9.34. The van der Waals surface area contributed by atoms with Crippen molar-refractivity contribution < 1.29 is 13.9 Å². The highest BCUT2D eigenvalue weighted by molar-refractivity contribution is 5.99. The van der Waals surface area contributed by atoms with Crippen LogP contribution in [0.15, 0.2) is 18.2 Å². The van der Waals surface area contributed by atoms with E-state index in [1.54, 1.807) is 12.1 Å². The molecule has 0 aliphatic heterocycles. The van der Waals surface area contributed by atoms with E-state index < -0.39 is 5.82 Å². The molecular formula is C16H25FN2O2. The second-order valence-corrected chi connectivity index (χ2v) is 5.08. The summed E-state index contributed by atoms with van der Waals surface area (Å²) in [5.41, 5.74) is 0.607. The van der Waals surface area contributed by atoms with Crippen molar-refractivity contribution in [1.29, 1.82) is 0 Å². The Labute approximate surface area is 126 Å². The van der Waals surface area contributed by atoms with Gasteiger partial charge in [0, 0.05) is 19.7 Å². The molecule has 4 nitrogen and oxygen atoms in total. The number of hydrogen-bond acceptors (Lipinski definition) is 3. The molecule has 0 unspecified atom stereocenters. The molecule has 1 rings (SSSR count). The molecule has 21 heavy (non-hydrogen) atoms.